The number of esters is 1. The molecule has 0 aliphatic rings. The third-order valence-electron chi connectivity index (χ3n) is 2.91. The van der Waals surface area contributed by atoms with Gasteiger partial charge in [0.25, 0.3) is 0 Å². The van der Waals surface area contributed by atoms with Gasteiger partial charge in [0.15, 0.2) is 6.17 Å². The number of halogens is 1. The lowest BCUT2D eigenvalue weighted by molar-refractivity contribution is -0.143. The van der Waals surface area contributed by atoms with E-state index < -0.39 is 12.3 Å². The lowest BCUT2D eigenvalue weighted by atomic mass is 10.1. The number of carbonyl (C=O) groups excluding carboxylic acids is 1. The van der Waals surface area contributed by atoms with Gasteiger partial charge < -0.3 is 15.2 Å². The number of carbonyl (C=O) groups is 1. The van der Waals surface area contributed by atoms with Crippen LogP contribution in [-0.4, -0.2) is 36.4 Å². The summed E-state index contributed by atoms with van der Waals surface area (Å²) in [4.78, 5) is 11.3. The van der Waals surface area contributed by atoms with Crippen LogP contribution in [0.25, 0.3) is 0 Å². The number of benzene rings is 1. The molecule has 0 saturated heterocycles. The molecule has 0 amide bonds. The van der Waals surface area contributed by atoms with E-state index >= 15 is 0 Å². The summed E-state index contributed by atoms with van der Waals surface area (Å²) in [5.74, 6) is -0.304. The number of hydrogen-bond acceptors (Lipinski definition) is 4. The number of ether oxygens (including phenoxy) is 1. The molecule has 0 radical (unpaired) electrons. The molecule has 4 nitrogen and oxygen atoms in total. The minimum atomic E-state index is -1.45. The Morgan fingerprint density at radius 3 is 2.65 bits per heavy atom. The van der Waals surface area contributed by atoms with Crippen LogP contribution in [0.15, 0.2) is 30.3 Å². The quantitative estimate of drug-likeness (QED) is 0.716. The van der Waals surface area contributed by atoms with Gasteiger partial charge in [0.2, 0.25) is 0 Å². The molecule has 1 rings (SSSR count). The Balaban J connectivity index is 2.35. The second kappa shape index (κ2) is 8.66. The standard InChI is InChI=1S/C15H22FNO3/c1-3-20-14(19)9-11(2)17-10-13(18)15(16)12-7-5-4-6-8-12/h4-8,11,13,15,17-18H,3,9-10H2,1-2H3/t11-,13-,15+/m0/s1. The highest BCUT2D eigenvalue weighted by atomic mass is 19.1. The molecule has 2 N–H and O–H groups in total. The smallest absolute Gasteiger partial charge is 0.307 e. The largest absolute Gasteiger partial charge is 0.466 e. The molecule has 112 valence electrons. The highest BCUT2D eigenvalue weighted by Crippen LogP contribution is 2.20. The van der Waals surface area contributed by atoms with Crippen molar-refractivity contribution in [1.29, 1.82) is 0 Å². The average molecular weight is 283 g/mol. The van der Waals surface area contributed by atoms with Gasteiger partial charge in [-0.05, 0) is 19.4 Å². The van der Waals surface area contributed by atoms with Crippen molar-refractivity contribution in [2.45, 2.75) is 38.6 Å². The molecule has 20 heavy (non-hydrogen) atoms. The van der Waals surface area contributed by atoms with Gasteiger partial charge >= 0.3 is 5.97 Å². The number of hydrogen-bond donors (Lipinski definition) is 2. The van der Waals surface area contributed by atoms with Crippen molar-refractivity contribution in [3.63, 3.8) is 0 Å². The molecule has 1 aromatic carbocycles. The summed E-state index contributed by atoms with van der Waals surface area (Å²) < 4.78 is 18.8. The Labute approximate surface area is 119 Å². The molecule has 3 atom stereocenters. The number of alkyl halides is 1. The molecule has 0 spiro atoms. The predicted octanol–water partition coefficient (Wildman–Crippen LogP) is 1.99. The minimum absolute atomic E-state index is 0.0800. The van der Waals surface area contributed by atoms with E-state index in [-0.39, 0.29) is 25.0 Å². The van der Waals surface area contributed by atoms with E-state index in [1.807, 2.05) is 0 Å². The molecule has 0 heterocycles. The number of nitrogens with one attached hydrogen (secondary N) is 1. The van der Waals surface area contributed by atoms with Crippen molar-refractivity contribution in [1.82, 2.24) is 5.32 Å². The maximum atomic E-state index is 14.0. The Kier molecular flexibility index (Phi) is 7.18. The van der Waals surface area contributed by atoms with Gasteiger partial charge in [0.1, 0.15) is 6.10 Å². The van der Waals surface area contributed by atoms with Crippen LogP contribution in [0.4, 0.5) is 4.39 Å². The zero-order valence-corrected chi connectivity index (χ0v) is 11.9. The van der Waals surface area contributed by atoms with E-state index in [1.165, 1.54) is 0 Å². The first-order valence-electron chi connectivity index (χ1n) is 6.80. The van der Waals surface area contributed by atoms with Crippen molar-refractivity contribution in [3.8, 4) is 0 Å². The molecule has 0 saturated carbocycles. The van der Waals surface area contributed by atoms with Crippen LogP contribution in [0.5, 0.6) is 0 Å². The second-order valence-electron chi connectivity index (χ2n) is 4.70. The number of rotatable bonds is 8. The zero-order valence-electron chi connectivity index (χ0n) is 11.9. The fourth-order valence-corrected chi connectivity index (χ4v) is 1.83. The third-order valence-corrected chi connectivity index (χ3v) is 2.91. The Bertz CT molecular complexity index is 399. The highest BCUT2D eigenvalue weighted by Gasteiger charge is 2.21. The van der Waals surface area contributed by atoms with Crippen LogP contribution in [0.1, 0.15) is 32.0 Å². The topological polar surface area (TPSA) is 58.6 Å². The van der Waals surface area contributed by atoms with Crippen molar-refractivity contribution in [2.24, 2.45) is 0 Å². The van der Waals surface area contributed by atoms with Gasteiger partial charge in [-0.2, -0.15) is 0 Å². The first-order chi connectivity index (χ1) is 9.54. The fourth-order valence-electron chi connectivity index (χ4n) is 1.83. The summed E-state index contributed by atoms with van der Waals surface area (Å²) >= 11 is 0. The monoisotopic (exact) mass is 283 g/mol. The second-order valence-corrected chi connectivity index (χ2v) is 4.70. The summed E-state index contributed by atoms with van der Waals surface area (Å²) in [6.45, 7) is 3.96. The summed E-state index contributed by atoms with van der Waals surface area (Å²) in [6, 6.07) is 8.34. The van der Waals surface area contributed by atoms with Crippen LogP contribution in [0, 0.1) is 0 Å². The van der Waals surface area contributed by atoms with Crippen LogP contribution < -0.4 is 5.32 Å². The predicted molar refractivity (Wildman–Crippen MR) is 75.0 cm³/mol. The van der Waals surface area contributed by atoms with E-state index in [0.29, 0.717) is 12.2 Å². The normalized spacial score (nSPS) is 15.4. The van der Waals surface area contributed by atoms with E-state index in [9.17, 15) is 14.3 Å². The molecule has 1 aromatic rings. The minimum Gasteiger partial charge on any atom is -0.466 e. The average Bonchev–Trinajstić information content (AvgIpc) is 2.45. The van der Waals surface area contributed by atoms with Crippen molar-refractivity contribution in [3.05, 3.63) is 35.9 Å². The molecular weight excluding hydrogens is 261 g/mol. The van der Waals surface area contributed by atoms with E-state index in [0.717, 1.165) is 0 Å². The van der Waals surface area contributed by atoms with Gasteiger partial charge in [-0.25, -0.2) is 4.39 Å². The van der Waals surface area contributed by atoms with Gasteiger partial charge in [-0.1, -0.05) is 30.3 Å². The summed E-state index contributed by atoms with van der Waals surface area (Å²) in [6.07, 6.45) is -2.40. The summed E-state index contributed by atoms with van der Waals surface area (Å²) in [7, 11) is 0. The van der Waals surface area contributed by atoms with Crippen molar-refractivity contribution < 1.29 is 19.0 Å². The van der Waals surface area contributed by atoms with Crippen LogP contribution >= 0.6 is 0 Å². The summed E-state index contributed by atoms with van der Waals surface area (Å²) in [5, 5.41) is 12.7. The summed E-state index contributed by atoms with van der Waals surface area (Å²) in [5.41, 5.74) is 0.444. The first-order valence-corrected chi connectivity index (χ1v) is 6.80. The fraction of sp³-hybridized carbons (Fsp3) is 0.533. The zero-order chi connectivity index (χ0) is 15.0. The number of aliphatic hydroxyl groups is 1. The van der Waals surface area contributed by atoms with E-state index in [4.69, 9.17) is 4.74 Å². The highest BCUT2D eigenvalue weighted by molar-refractivity contribution is 5.69. The lowest BCUT2D eigenvalue weighted by Crippen LogP contribution is -2.37. The van der Waals surface area contributed by atoms with Gasteiger partial charge in [0, 0.05) is 12.6 Å². The van der Waals surface area contributed by atoms with Crippen LogP contribution in [0.2, 0.25) is 0 Å². The van der Waals surface area contributed by atoms with E-state index in [1.54, 1.807) is 44.2 Å². The Morgan fingerprint density at radius 1 is 1.40 bits per heavy atom. The molecule has 0 unspecified atom stereocenters. The van der Waals surface area contributed by atoms with Crippen LogP contribution in [-0.2, 0) is 9.53 Å². The Hall–Kier alpha value is -1.46. The first kappa shape index (κ1) is 16.6. The molecular formula is C15H22FNO3. The van der Waals surface area contributed by atoms with Gasteiger partial charge in [-0.15, -0.1) is 0 Å². The van der Waals surface area contributed by atoms with Gasteiger partial charge in [-0.3, -0.25) is 4.79 Å². The molecule has 0 aromatic heterocycles. The molecule has 0 aliphatic carbocycles. The Morgan fingerprint density at radius 2 is 2.05 bits per heavy atom. The lowest BCUT2D eigenvalue weighted by Gasteiger charge is -2.19. The van der Waals surface area contributed by atoms with Gasteiger partial charge in [0.05, 0.1) is 13.0 Å². The third kappa shape index (κ3) is 5.67. The molecule has 0 bridgehead atoms. The molecule has 5 heteroatoms. The maximum Gasteiger partial charge on any atom is 0.307 e. The molecule has 0 aliphatic heterocycles. The SMILES string of the molecule is CCOC(=O)C[C@H](C)NC[C@H](O)[C@H](F)c1ccccc1. The van der Waals surface area contributed by atoms with Crippen molar-refractivity contribution >= 4 is 5.97 Å². The van der Waals surface area contributed by atoms with Crippen molar-refractivity contribution in [2.75, 3.05) is 13.2 Å². The van der Waals surface area contributed by atoms with Crippen LogP contribution in [0.3, 0.4) is 0 Å². The molecule has 0 fully saturated rings. The van der Waals surface area contributed by atoms with E-state index in [2.05, 4.69) is 5.32 Å². The number of aliphatic hydroxyl groups excluding tert-OH is 1. The maximum absolute atomic E-state index is 14.0.